The van der Waals surface area contributed by atoms with E-state index in [-0.39, 0.29) is 10.7 Å². The number of benzene rings is 1. The lowest BCUT2D eigenvalue weighted by Crippen LogP contribution is -2.35. The van der Waals surface area contributed by atoms with Crippen LogP contribution in [-0.4, -0.2) is 27.1 Å². The highest BCUT2D eigenvalue weighted by atomic mass is 32.2. The molecule has 0 aliphatic rings. The first-order valence-electron chi connectivity index (χ1n) is 8.36. The van der Waals surface area contributed by atoms with Gasteiger partial charge in [0.1, 0.15) is 5.60 Å². The summed E-state index contributed by atoms with van der Waals surface area (Å²) in [6.07, 6.45) is 0.864. The summed E-state index contributed by atoms with van der Waals surface area (Å²) in [5.74, 6) is 0.0491. The molecule has 0 radical (unpaired) electrons. The third kappa shape index (κ3) is 7.58. The van der Waals surface area contributed by atoms with Crippen LogP contribution >= 0.6 is 0 Å². The summed E-state index contributed by atoms with van der Waals surface area (Å²) < 4.78 is 20.2. The molecule has 0 saturated carbocycles. The molecule has 0 amide bonds. The number of hydrogen-bond donors (Lipinski definition) is 1. The first-order chi connectivity index (χ1) is 10.9. The van der Waals surface area contributed by atoms with Crippen LogP contribution in [0.5, 0.6) is 0 Å². The molecule has 0 fully saturated rings. The van der Waals surface area contributed by atoms with E-state index in [4.69, 9.17) is 4.74 Å². The number of esters is 1. The molecule has 24 heavy (non-hydrogen) atoms. The highest BCUT2D eigenvalue weighted by Crippen LogP contribution is 2.15. The third-order valence-electron chi connectivity index (χ3n) is 3.29. The molecule has 2 atom stereocenters. The van der Waals surface area contributed by atoms with E-state index in [1.165, 1.54) is 0 Å². The minimum atomic E-state index is -1.05. The molecular weight excluding hydrogens is 322 g/mol. The summed E-state index contributed by atoms with van der Waals surface area (Å²) in [5, 5.41) is 0. The summed E-state index contributed by atoms with van der Waals surface area (Å²) in [5.41, 5.74) is 1.23. The van der Waals surface area contributed by atoms with E-state index < -0.39 is 16.6 Å². The maximum Gasteiger partial charge on any atom is 0.338 e. The molecule has 5 heteroatoms. The quantitative estimate of drug-likeness (QED) is 0.790. The van der Waals surface area contributed by atoms with Crippen LogP contribution in [0.4, 0.5) is 0 Å². The molecule has 1 aromatic carbocycles. The lowest BCUT2D eigenvalue weighted by atomic mass is 10.0. The molecule has 1 N–H and O–H groups in total. The fraction of sp³-hybridized carbons (Fsp3) is 0.632. The standard InChI is InChI=1S/C19H31NO3S/c1-14(13-20-24(22)19(5,6)7)12-15-8-10-16(11-9-15)17(21)23-18(2,3)4/h8-11,14,20H,12-13H2,1-7H3. The number of carbonyl (C=O) groups excluding carboxylic acids is 1. The minimum absolute atomic E-state index is 0.255. The Hall–Kier alpha value is -1.20. The summed E-state index contributed by atoms with van der Waals surface area (Å²) >= 11 is 0. The van der Waals surface area contributed by atoms with Crippen molar-refractivity contribution in [3.63, 3.8) is 0 Å². The van der Waals surface area contributed by atoms with Gasteiger partial charge in [0.15, 0.2) is 0 Å². The van der Waals surface area contributed by atoms with Crippen LogP contribution in [-0.2, 0) is 22.1 Å². The highest BCUT2D eigenvalue weighted by molar-refractivity contribution is 7.84. The van der Waals surface area contributed by atoms with Crippen molar-refractivity contribution in [2.45, 2.75) is 65.2 Å². The fourth-order valence-electron chi connectivity index (χ4n) is 2.02. The Bertz CT molecular complexity index is 568. The summed E-state index contributed by atoms with van der Waals surface area (Å²) in [7, 11) is -1.05. The van der Waals surface area contributed by atoms with Crippen molar-refractivity contribution in [1.29, 1.82) is 0 Å². The lowest BCUT2D eigenvalue weighted by Gasteiger charge is -2.20. The van der Waals surface area contributed by atoms with Crippen molar-refractivity contribution in [2.75, 3.05) is 6.54 Å². The number of nitrogens with one attached hydrogen (secondary N) is 1. The number of rotatable bonds is 6. The van der Waals surface area contributed by atoms with Crippen molar-refractivity contribution in [2.24, 2.45) is 5.92 Å². The first kappa shape index (κ1) is 20.8. The molecule has 0 bridgehead atoms. The van der Waals surface area contributed by atoms with Crippen LogP contribution in [0.3, 0.4) is 0 Å². The van der Waals surface area contributed by atoms with Crippen LogP contribution in [0.1, 0.15) is 64.4 Å². The molecule has 0 aliphatic carbocycles. The average Bonchev–Trinajstić information content (AvgIpc) is 2.42. The summed E-state index contributed by atoms with van der Waals surface area (Å²) in [6.45, 7) is 14.2. The van der Waals surface area contributed by atoms with Gasteiger partial charge in [-0.25, -0.2) is 13.7 Å². The molecule has 0 heterocycles. The Kier molecular flexibility index (Phi) is 7.17. The van der Waals surface area contributed by atoms with Gasteiger partial charge in [0.2, 0.25) is 0 Å². The Morgan fingerprint density at radius 3 is 2.12 bits per heavy atom. The zero-order valence-electron chi connectivity index (χ0n) is 15.9. The van der Waals surface area contributed by atoms with Gasteiger partial charge >= 0.3 is 5.97 Å². The smallest absolute Gasteiger partial charge is 0.338 e. The molecule has 1 aromatic rings. The zero-order chi connectivity index (χ0) is 18.5. The molecule has 0 aliphatic heterocycles. The number of ether oxygens (including phenoxy) is 1. The molecule has 1 rings (SSSR count). The van der Waals surface area contributed by atoms with Crippen LogP contribution < -0.4 is 4.72 Å². The van der Waals surface area contributed by atoms with Crippen LogP contribution in [0.25, 0.3) is 0 Å². The van der Waals surface area contributed by atoms with Crippen molar-refractivity contribution >= 4 is 17.0 Å². The van der Waals surface area contributed by atoms with E-state index in [1.54, 1.807) is 12.1 Å². The van der Waals surface area contributed by atoms with E-state index in [0.717, 1.165) is 12.0 Å². The predicted molar refractivity (Wildman–Crippen MR) is 100 cm³/mol. The largest absolute Gasteiger partial charge is 0.456 e. The first-order valence-corrected chi connectivity index (χ1v) is 9.51. The van der Waals surface area contributed by atoms with E-state index in [0.29, 0.717) is 18.0 Å². The van der Waals surface area contributed by atoms with Gasteiger partial charge in [0.25, 0.3) is 0 Å². The third-order valence-corrected chi connectivity index (χ3v) is 4.83. The maximum atomic E-state index is 12.0. The van der Waals surface area contributed by atoms with Gasteiger partial charge in [-0.2, -0.15) is 0 Å². The minimum Gasteiger partial charge on any atom is -0.456 e. The highest BCUT2D eigenvalue weighted by Gasteiger charge is 2.20. The topological polar surface area (TPSA) is 55.4 Å². The van der Waals surface area contributed by atoms with Gasteiger partial charge in [-0.3, -0.25) is 0 Å². The van der Waals surface area contributed by atoms with Gasteiger partial charge in [0.05, 0.1) is 21.3 Å². The van der Waals surface area contributed by atoms with Crippen molar-refractivity contribution in [3.8, 4) is 0 Å². The fourth-order valence-corrected chi connectivity index (χ4v) is 2.89. The van der Waals surface area contributed by atoms with E-state index in [9.17, 15) is 9.00 Å². The van der Waals surface area contributed by atoms with E-state index in [2.05, 4.69) is 11.6 Å². The van der Waals surface area contributed by atoms with Crippen molar-refractivity contribution in [3.05, 3.63) is 35.4 Å². The SMILES string of the molecule is CC(CNS(=O)C(C)(C)C)Cc1ccc(C(=O)OC(C)(C)C)cc1. The molecule has 0 spiro atoms. The number of hydrogen-bond acceptors (Lipinski definition) is 3. The average molecular weight is 354 g/mol. The van der Waals surface area contributed by atoms with Crippen molar-refractivity contribution < 1.29 is 13.7 Å². The van der Waals surface area contributed by atoms with Crippen molar-refractivity contribution in [1.82, 2.24) is 4.72 Å². The second kappa shape index (κ2) is 8.26. The van der Waals surface area contributed by atoms with Crippen LogP contribution in [0.2, 0.25) is 0 Å². The molecule has 0 saturated heterocycles. The Balaban J connectivity index is 2.55. The molecular formula is C19H31NO3S. The Labute approximate surface area is 149 Å². The summed E-state index contributed by atoms with van der Waals surface area (Å²) in [6, 6.07) is 7.51. The molecule has 0 aromatic heterocycles. The zero-order valence-corrected chi connectivity index (χ0v) is 16.8. The Morgan fingerprint density at radius 2 is 1.67 bits per heavy atom. The van der Waals surface area contributed by atoms with Gasteiger partial charge in [-0.15, -0.1) is 0 Å². The lowest BCUT2D eigenvalue weighted by molar-refractivity contribution is 0.00695. The van der Waals surface area contributed by atoms with Gasteiger partial charge < -0.3 is 4.74 Å². The molecule has 2 unspecified atom stereocenters. The summed E-state index contributed by atoms with van der Waals surface area (Å²) in [4.78, 5) is 12.0. The molecule has 136 valence electrons. The Morgan fingerprint density at radius 1 is 1.12 bits per heavy atom. The van der Waals surface area contributed by atoms with Gasteiger partial charge in [-0.1, -0.05) is 19.1 Å². The molecule has 4 nitrogen and oxygen atoms in total. The maximum absolute atomic E-state index is 12.0. The van der Waals surface area contributed by atoms with Crippen LogP contribution in [0.15, 0.2) is 24.3 Å². The van der Waals surface area contributed by atoms with E-state index in [1.807, 2.05) is 53.7 Å². The number of carbonyl (C=O) groups is 1. The second-order valence-electron chi connectivity index (χ2n) is 8.24. The normalized spacial score (nSPS) is 15.0. The van der Waals surface area contributed by atoms with Gasteiger partial charge in [-0.05, 0) is 71.6 Å². The predicted octanol–water partition coefficient (Wildman–Crippen LogP) is 3.87. The monoisotopic (exact) mass is 353 g/mol. The van der Waals surface area contributed by atoms with Gasteiger partial charge in [0, 0.05) is 6.54 Å². The van der Waals surface area contributed by atoms with Crippen LogP contribution in [0, 0.1) is 5.92 Å². The van der Waals surface area contributed by atoms with E-state index >= 15 is 0 Å². The second-order valence-corrected chi connectivity index (χ2v) is 10.3.